The van der Waals surface area contributed by atoms with Gasteiger partial charge in [-0.25, -0.2) is 4.79 Å². The molecule has 0 heterocycles. The summed E-state index contributed by atoms with van der Waals surface area (Å²) in [5.41, 5.74) is 3.20. The number of carbonyl (C=O) groups is 3. The summed E-state index contributed by atoms with van der Waals surface area (Å²) in [6.07, 6.45) is 0.140. The van der Waals surface area contributed by atoms with Crippen LogP contribution in [0.25, 0.3) is 0 Å². The van der Waals surface area contributed by atoms with Crippen molar-refractivity contribution >= 4 is 17.9 Å². The topological polar surface area (TPSA) is 87.7 Å². The minimum atomic E-state index is -0.858. The number of hydrogen-bond acceptors (Lipinski definition) is 4. The fourth-order valence-electron chi connectivity index (χ4n) is 4.20. The molecular weight excluding hydrogens is 454 g/mol. The molecule has 3 amide bonds. The van der Waals surface area contributed by atoms with E-state index in [1.54, 1.807) is 32.6 Å². The predicted octanol–water partition coefficient (Wildman–Crippen LogP) is 4.81. The highest BCUT2D eigenvalue weighted by Gasteiger charge is 2.47. The lowest BCUT2D eigenvalue weighted by Crippen LogP contribution is -2.53. The number of hydrogen-bond donors (Lipinski definition) is 2. The van der Waals surface area contributed by atoms with E-state index in [2.05, 4.69) is 17.6 Å². The normalized spacial score (nSPS) is 18.5. The summed E-state index contributed by atoms with van der Waals surface area (Å²) in [4.78, 5) is 41.5. The summed E-state index contributed by atoms with van der Waals surface area (Å²) in [7, 11) is 0. The molecule has 2 N–H and O–H groups in total. The molecule has 0 spiro atoms. The number of ether oxygens (including phenoxy) is 1. The first-order valence-corrected chi connectivity index (χ1v) is 12.6. The fourth-order valence-corrected chi connectivity index (χ4v) is 4.20. The molecule has 3 rings (SSSR count). The van der Waals surface area contributed by atoms with Gasteiger partial charge >= 0.3 is 6.09 Å². The Morgan fingerprint density at radius 3 is 2.25 bits per heavy atom. The minimum Gasteiger partial charge on any atom is -0.444 e. The average Bonchev–Trinajstić information content (AvgIpc) is 3.52. The van der Waals surface area contributed by atoms with Crippen molar-refractivity contribution in [3.05, 3.63) is 70.8 Å². The Kier molecular flexibility index (Phi) is 8.43. The second kappa shape index (κ2) is 11.1. The molecule has 1 aliphatic rings. The summed E-state index contributed by atoms with van der Waals surface area (Å²) in [6.45, 7) is 13.4. The van der Waals surface area contributed by atoms with Gasteiger partial charge in [-0.1, -0.05) is 55.5 Å². The molecule has 0 radical (unpaired) electrons. The van der Waals surface area contributed by atoms with Gasteiger partial charge in [0, 0.05) is 12.6 Å². The number of carbonyl (C=O) groups excluding carboxylic acids is 3. The van der Waals surface area contributed by atoms with Crippen LogP contribution in [0, 0.1) is 19.8 Å². The van der Waals surface area contributed by atoms with Gasteiger partial charge in [-0.2, -0.15) is 0 Å². The van der Waals surface area contributed by atoms with E-state index in [4.69, 9.17) is 4.74 Å². The zero-order chi connectivity index (χ0) is 26.6. The Morgan fingerprint density at radius 2 is 1.69 bits per heavy atom. The average molecular weight is 494 g/mol. The van der Waals surface area contributed by atoms with Crippen molar-refractivity contribution in [1.29, 1.82) is 0 Å². The lowest BCUT2D eigenvalue weighted by atomic mass is 9.98. The fraction of sp³-hybridized carbons (Fsp3) is 0.483. The second-order valence-electron chi connectivity index (χ2n) is 10.8. The van der Waals surface area contributed by atoms with Crippen molar-refractivity contribution in [1.82, 2.24) is 15.5 Å². The minimum absolute atomic E-state index is 0.0885. The van der Waals surface area contributed by atoms with E-state index in [0.717, 1.165) is 28.7 Å². The van der Waals surface area contributed by atoms with Gasteiger partial charge in [0.2, 0.25) is 11.8 Å². The van der Waals surface area contributed by atoms with Gasteiger partial charge in [-0.05, 0) is 76.1 Å². The van der Waals surface area contributed by atoms with Crippen LogP contribution in [-0.4, -0.2) is 40.5 Å². The molecular formula is C29H39N3O4. The predicted molar refractivity (Wildman–Crippen MR) is 140 cm³/mol. The zero-order valence-corrected chi connectivity index (χ0v) is 22.4. The van der Waals surface area contributed by atoms with Gasteiger partial charge in [0.25, 0.3) is 0 Å². The molecule has 4 unspecified atom stereocenters. The van der Waals surface area contributed by atoms with E-state index in [-0.39, 0.29) is 23.8 Å². The van der Waals surface area contributed by atoms with Crippen molar-refractivity contribution in [2.45, 2.75) is 85.2 Å². The molecule has 0 saturated heterocycles. The van der Waals surface area contributed by atoms with Crippen LogP contribution in [0.2, 0.25) is 0 Å². The number of benzene rings is 2. The molecule has 0 aromatic heterocycles. The summed E-state index contributed by atoms with van der Waals surface area (Å²) in [5.74, 6) is -0.300. The van der Waals surface area contributed by atoms with Crippen molar-refractivity contribution in [3.8, 4) is 0 Å². The molecule has 1 saturated carbocycles. The van der Waals surface area contributed by atoms with Crippen molar-refractivity contribution in [2.24, 2.45) is 5.92 Å². The molecule has 194 valence electrons. The number of alkyl carbamates (subject to hydrolysis) is 1. The number of nitrogens with zero attached hydrogens (tertiary/aromatic N) is 1. The molecule has 1 fully saturated rings. The standard InChI is InChI=1S/C29H39N3O4/c1-18-13-14-23(15-19(18)2)25(26(33)30-17-22-11-9-8-10-12-22)32(24-16-20(24)3)27(34)21(4)31-28(35)36-29(5,6)7/h8-15,20-21,24-25H,16-17H2,1-7H3,(H,30,33)(H,31,35). The number of amides is 3. The van der Waals surface area contributed by atoms with Gasteiger partial charge < -0.3 is 20.3 Å². The molecule has 4 atom stereocenters. The monoisotopic (exact) mass is 493 g/mol. The van der Waals surface area contributed by atoms with E-state index < -0.39 is 23.8 Å². The lowest BCUT2D eigenvalue weighted by Gasteiger charge is -2.34. The van der Waals surface area contributed by atoms with E-state index in [0.29, 0.717) is 6.54 Å². The van der Waals surface area contributed by atoms with Crippen LogP contribution in [0.4, 0.5) is 4.79 Å². The first-order valence-electron chi connectivity index (χ1n) is 12.6. The van der Waals surface area contributed by atoms with Crippen LogP contribution >= 0.6 is 0 Å². The summed E-state index contributed by atoms with van der Waals surface area (Å²) < 4.78 is 5.34. The molecule has 1 aliphatic carbocycles. The largest absolute Gasteiger partial charge is 0.444 e. The lowest BCUT2D eigenvalue weighted by molar-refractivity contribution is -0.143. The van der Waals surface area contributed by atoms with Crippen molar-refractivity contribution in [3.63, 3.8) is 0 Å². The highest BCUT2D eigenvalue weighted by molar-refractivity contribution is 5.92. The number of nitrogens with one attached hydrogen (secondary N) is 2. The van der Waals surface area contributed by atoms with Gasteiger partial charge in [0.15, 0.2) is 0 Å². The molecule has 2 aromatic carbocycles. The maximum absolute atomic E-state index is 13.8. The third kappa shape index (κ3) is 7.09. The maximum atomic E-state index is 13.8. The first-order chi connectivity index (χ1) is 16.9. The Labute approximate surface area is 214 Å². The Hall–Kier alpha value is -3.35. The van der Waals surface area contributed by atoms with E-state index >= 15 is 0 Å². The van der Waals surface area contributed by atoms with Gasteiger partial charge in [0.1, 0.15) is 17.7 Å². The van der Waals surface area contributed by atoms with E-state index in [1.807, 2.05) is 62.4 Å². The quantitative estimate of drug-likeness (QED) is 0.552. The van der Waals surface area contributed by atoms with Crippen LogP contribution in [0.3, 0.4) is 0 Å². The maximum Gasteiger partial charge on any atom is 0.408 e. The molecule has 36 heavy (non-hydrogen) atoms. The molecule has 7 nitrogen and oxygen atoms in total. The molecule has 0 bridgehead atoms. The Bertz CT molecular complexity index is 1090. The van der Waals surface area contributed by atoms with Crippen LogP contribution in [0.1, 0.15) is 69.3 Å². The SMILES string of the molecule is Cc1ccc(C(C(=O)NCc2ccccc2)N(C(=O)C(C)NC(=O)OC(C)(C)C)C2CC2C)cc1C. The van der Waals surface area contributed by atoms with Crippen molar-refractivity contribution in [2.75, 3.05) is 0 Å². The third-order valence-electron chi connectivity index (χ3n) is 6.47. The van der Waals surface area contributed by atoms with Gasteiger partial charge in [-0.3, -0.25) is 9.59 Å². The molecule has 0 aliphatic heterocycles. The number of rotatable bonds is 8. The van der Waals surface area contributed by atoms with Crippen LogP contribution in [0.5, 0.6) is 0 Å². The molecule has 7 heteroatoms. The summed E-state index contributed by atoms with van der Waals surface area (Å²) in [6, 6.07) is 13.8. The van der Waals surface area contributed by atoms with E-state index in [9.17, 15) is 14.4 Å². The zero-order valence-electron chi connectivity index (χ0n) is 22.4. The van der Waals surface area contributed by atoms with Gasteiger partial charge in [0.05, 0.1) is 0 Å². The van der Waals surface area contributed by atoms with Crippen LogP contribution < -0.4 is 10.6 Å². The number of aryl methyl sites for hydroxylation is 2. The van der Waals surface area contributed by atoms with Crippen LogP contribution in [-0.2, 0) is 20.9 Å². The highest BCUT2D eigenvalue weighted by atomic mass is 16.6. The van der Waals surface area contributed by atoms with E-state index in [1.165, 1.54) is 0 Å². The summed E-state index contributed by atoms with van der Waals surface area (Å²) >= 11 is 0. The summed E-state index contributed by atoms with van der Waals surface area (Å²) in [5, 5.41) is 5.68. The Balaban J connectivity index is 1.91. The Morgan fingerprint density at radius 1 is 1.06 bits per heavy atom. The molecule has 2 aromatic rings. The van der Waals surface area contributed by atoms with Crippen LogP contribution in [0.15, 0.2) is 48.5 Å². The second-order valence-corrected chi connectivity index (χ2v) is 10.8. The first kappa shape index (κ1) is 27.2. The smallest absolute Gasteiger partial charge is 0.408 e. The highest BCUT2D eigenvalue weighted by Crippen LogP contribution is 2.41. The third-order valence-corrected chi connectivity index (χ3v) is 6.47. The van der Waals surface area contributed by atoms with Crippen molar-refractivity contribution < 1.29 is 19.1 Å². The van der Waals surface area contributed by atoms with Gasteiger partial charge in [-0.15, -0.1) is 0 Å².